The number of fused-ring (bicyclic) bond motifs is 1. The van der Waals surface area contributed by atoms with Crippen molar-refractivity contribution in [1.82, 2.24) is 0 Å². The second-order valence-corrected chi connectivity index (χ2v) is 12.1. The Kier molecular flexibility index (Phi) is 10.8. The van der Waals surface area contributed by atoms with Gasteiger partial charge in [0.25, 0.3) is 0 Å². The normalized spacial score (nSPS) is 24.5. The second kappa shape index (κ2) is 14.3. The van der Waals surface area contributed by atoms with Crippen LogP contribution in [-0.4, -0.2) is 6.61 Å². The number of benzene rings is 2. The molecule has 5 atom stereocenters. The molecule has 2 fully saturated rings. The van der Waals surface area contributed by atoms with E-state index in [1.807, 2.05) is 6.92 Å². The van der Waals surface area contributed by atoms with Gasteiger partial charge in [0, 0.05) is 5.92 Å². The first-order chi connectivity index (χ1) is 18.9. The molecule has 4 rings (SSSR count). The fraction of sp³-hybridized carbons (Fsp3) is 0.556. The van der Waals surface area contributed by atoms with Crippen molar-refractivity contribution in [3.8, 4) is 5.75 Å². The van der Waals surface area contributed by atoms with E-state index in [-0.39, 0.29) is 11.7 Å². The molecule has 0 heterocycles. The molecule has 0 N–H and O–H groups in total. The number of hydrogen-bond acceptors (Lipinski definition) is 1. The molecule has 0 aromatic heterocycles. The van der Waals surface area contributed by atoms with Crippen LogP contribution in [-0.2, 0) is 12.8 Å². The van der Waals surface area contributed by atoms with E-state index in [0.29, 0.717) is 24.5 Å². The van der Waals surface area contributed by atoms with Crippen molar-refractivity contribution in [3.05, 3.63) is 88.5 Å². The van der Waals surface area contributed by atoms with E-state index in [2.05, 4.69) is 63.3 Å². The molecule has 1 nitrogen and oxygen atoms in total. The minimum Gasteiger partial charge on any atom is -0.490 e. The SMILES string of the molecule is C/C=C(\C=C/C(C)COc1ccc(CCC)c(F)c1F)C1CCC2CC(c3ccc(CCC)cc3)CCC2C1. The van der Waals surface area contributed by atoms with Gasteiger partial charge in [-0.1, -0.05) is 82.2 Å². The summed E-state index contributed by atoms with van der Waals surface area (Å²) >= 11 is 0. The van der Waals surface area contributed by atoms with Gasteiger partial charge in [-0.3, -0.25) is 0 Å². The number of aryl methyl sites for hydroxylation is 2. The monoisotopic (exact) mass is 534 g/mol. The zero-order valence-corrected chi connectivity index (χ0v) is 24.5. The number of halogens is 2. The van der Waals surface area contributed by atoms with Crippen LogP contribution in [0.5, 0.6) is 5.75 Å². The summed E-state index contributed by atoms with van der Waals surface area (Å²) < 4.78 is 34.4. The molecule has 39 heavy (non-hydrogen) atoms. The molecule has 0 saturated heterocycles. The summed E-state index contributed by atoms with van der Waals surface area (Å²) in [6, 6.07) is 12.7. The van der Waals surface area contributed by atoms with Gasteiger partial charge in [-0.15, -0.1) is 0 Å². The van der Waals surface area contributed by atoms with Gasteiger partial charge in [0.05, 0.1) is 6.61 Å². The van der Waals surface area contributed by atoms with Gasteiger partial charge in [0.2, 0.25) is 5.82 Å². The van der Waals surface area contributed by atoms with Crippen LogP contribution in [0.15, 0.2) is 60.2 Å². The predicted molar refractivity (Wildman–Crippen MR) is 159 cm³/mol. The fourth-order valence-electron chi connectivity index (χ4n) is 6.91. The van der Waals surface area contributed by atoms with Crippen LogP contribution in [0.2, 0.25) is 0 Å². The molecule has 0 aliphatic heterocycles. The Bertz CT molecular complexity index is 1120. The third-order valence-electron chi connectivity index (χ3n) is 9.17. The van der Waals surface area contributed by atoms with Crippen LogP contribution in [0, 0.1) is 35.3 Å². The molecule has 2 aromatic carbocycles. The first kappa shape index (κ1) is 29.6. The van der Waals surface area contributed by atoms with Crippen molar-refractivity contribution in [2.45, 2.75) is 97.8 Å². The molecule has 2 saturated carbocycles. The summed E-state index contributed by atoms with van der Waals surface area (Å²) in [6.07, 6.45) is 18.2. The summed E-state index contributed by atoms with van der Waals surface area (Å²) in [6.45, 7) is 8.74. The van der Waals surface area contributed by atoms with Crippen LogP contribution >= 0.6 is 0 Å². The highest BCUT2D eigenvalue weighted by Crippen LogP contribution is 2.49. The summed E-state index contributed by atoms with van der Waals surface area (Å²) in [5.41, 5.74) is 4.83. The Morgan fingerprint density at radius 1 is 0.897 bits per heavy atom. The van der Waals surface area contributed by atoms with Crippen molar-refractivity contribution in [1.29, 1.82) is 0 Å². The van der Waals surface area contributed by atoms with E-state index in [9.17, 15) is 8.78 Å². The van der Waals surface area contributed by atoms with E-state index >= 15 is 0 Å². The van der Waals surface area contributed by atoms with Crippen molar-refractivity contribution < 1.29 is 13.5 Å². The van der Waals surface area contributed by atoms with E-state index in [0.717, 1.165) is 24.2 Å². The summed E-state index contributed by atoms with van der Waals surface area (Å²) in [5.74, 6) is 1.48. The summed E-state index contributed by atoms with van der Waals surface area (Å²) in [5, 5.41) is 0. The lowest BCUT2D eigenvalue weighted by Gasteiger charge is -2.42. The zero-order valence-electron chi connectivity index (χ0n) is 24.5. The topological polar surface area (TPSA) is 9.23 Å². The number of hydrogen-bond donors (Lipinski definition) is 0. The minimum atomic E-state index is -0.869. The number of allylic oxidation sites excluding steroid dienone is 3. The highest BCUT2D eigenvalue weighted by atomic mass is 19.2. The van der Waals surface area contributed by atoms with Gasteiger partial charge in [0.1, 0.15) is 0 Å². The average Bonchev–Trinajstić information content (AvgIpc) is 2.96. The number of rotatable bonds is 11. The third-order valence-corrected chi connectivity index (χ3v) is 9.17. The Balaban J connectivity index is 1.27. The lowest BCUT2D eigenvalue weighted by molar-refractivity contribution is 0.131. The van der Waals surface area contributed by atoms with Crippen LogP contribution in [0.25, 0.3) is 0 Å². The predicted octanol–water partition coefficient (Wildman–Crippen LogP) is 10.4. The van der Waals surface area contributed by atoms with Gasteiger partial charge in [0.15, 0.2) is 11.6 Å². The molecular formula is C36H48F2O. The fourth-order valence-corrected chi connectivity index (χ4v) is 6.91. The Labute approximate surface area is 235 Å². The molecule has 2 aliphatic rings. The largest absolute Gasteiger partial charge is 0.490 e. The molecule has 212 valence electrons. The van der Waals surface area contributed by atoms with Gasteiger partial charge in [-0.25, -0.2) is 4.39 Å². The van der Waals surface area contributed by atoms with Crippen LogP contribution < -0.4 is 4.74 Å². The molecule has 0 radical (unpaired) electrons. The van der Waals surface area contributed by atoms with Crippen LogP contribution in [0.1, 0.15) is 102 Å². The van der Waals surface area contributed by atoms with E-state index in [4.69, 9.17) is 4.74 Å². The molecule has 0 spiro atoms. The standard InChI is InChI=1S/C36H48F2O/c1-5-8-26-11-14-28(15-12-26)31-17-19-32-22-30(16-18-33(32)23-31)27(7-3)13-10-25(4)24-39-34-21-20-29(9-6-2)35(37)36(34)38/h7,10-15,20-21,25,30-33H,5-6,8-9,16-19,22-24H2,1-4H3/b13-10-,27-7+. The molecule has 2 aliphatic carbocycles. The number of ether oxygens (including phenoxy) is 1. The van der Waals surface area contributed by atoms with Crippen molar-refractivity contribution >= 4 is 0 Å². The lowest BCUT2D eigenvalue weighted by atomic mass is 9.63. The summed E-state index contributed by atoms with van der Waals surface area (Å²) in [7, 11) is 0. The Morgan fingerprint density at radius 3 is 2.33 bits per heavy atom. The van der Waals surface area contributed by atoms with Gasteiger partial charge < -0.3 is 4.74 Å². The minimum absolute atomic E-state index is 0.00434. The van der Waals surface area contributed by atoms with E-state index in [1.54, 1.807) is 17.7 Å². The maximum Gasteiger partial charge on any atom is 0.200 e. The second-order valence-electron chi connectivity index (χ2n) is 12.1. The third kappa shape index (κ3) is 7.62. The first-order valence-corrected chi connectivity index (χ1v) is 15.5. The van der Waals surface area contributed by atoms with E-state index in [1.165, 1.54) is 62.5 Å². The molecule has 2 aromatic rings. The summed E-state index contributed by atoms with van der Waals surface area (Å²) in [4.78, 5) is 0. The van der Waals surface area contributed by atoms with Gasteiger partial charge in [-0.05, 0) is 110 Å². The molecule has 0 bridgehead atoms. The van der Waals surface area contributed by atoms with Gasteiger partial charge in [-0.2, -0.15) is 4.39 Å². The first-order valence-electron chi connectivity index (χ1n) is 15.5. The van der Waals surface area contributed by atoms with Crippen molar-refractivity contribution in [2.75, 3.05) is 6.61 Å². The Morgan fingerprint density at radius 2 is 1.62 bits per heavy atom. The van der Waals surface area contributed by atoms with Crippen LogP contribution in [0.4, 0.5) is 8.78 Å². The van der Waals surface area contributed by atoms with Crippen molar-refractivity contribution in [3.63, 3.8) is 0 Å². The zero-order chi connectivity index (χ0) is 27.8. The lowest BCUT2D eigenvalue weighted by Crippen LogP contribution is -2.31. The molecule has 3 heteroatoms. The molecule has 5 unspecified atom stereocenters. The quantitative estimate of drug-likeness (QED) is 0.261. The Hall–Kier alpha value is -2.42. The maximum atomic E-state index is 14.4. The average molecular weight is 535 g/mol. The highest BCUT2D eigenvalue weighted by molar-refractivity contribution is 5.31. The molecular weight excluding hydrogens is 486 g/mol. The van der Waals surface area contributed by atoms with Crippen LogP contribution in [0.3, 0.4) is 0 Å². The maximum absolute atomic E-state index is 14.4. The van der Waals surface area contributed by atoms with Gasteiger partial charge >= 0.3 is 0 Å². The smallest absolute Gasteiger partial charge is 0.200 e. The van der Waals surface area contributed by atoms with E-state index < -0.39 is 11.6 Å². The molecule has 0 amide bonds. The highest BCUT2D eigenvalue weighted by Gasteiger charge is 2.36. The van der Waals surface area contributed by atoms with Crippen molar-refractivity contribution in [2.24, 2.45) is 23.7 Å².